The van der Waals surface area contributed by atoms with Crippen molar-refractivity contribution in [3.8, 4) is 0 Å². The minimum atomic E-state index is 0.311. The molecule has 146 valence electrons. The van der Waals surface area contributed by atoms with E-state index in [1.807, 2.05) is 0 Å². The third kappa shape index (κ3) is 4.89. The molecule has 0 aromatic carbocycles. The lowest BCUT2D eigenvalue weighted by molar-refractivity contribution is -0.0287. The van der Waals surface area contributed by atoms with E-state index in [9.17, 15) is 0 Å². The van der Waals surface area contributed by atoms with Crippen LogP contribution in [-0.4, -0.2) is 42.9 Å². The molecule has 26 heavy (non-hydrogen) atoms. The van der Waals surface area contributed by atoms with Gasteiger partial charge in [-0.3, -0.25) is 0 Å². The average Bonchev–Trinajstić information content (AvgIpc) is 2.67. The molecule has 0 radical (unpaired) electrons. The second kappa shape index (κ2) is 9.05. The van der Waals surface area contributed by atoms with Crippen molar-refractivity contribution in [1.82, 2.24) is 4.98 Å². The number of ether oxygens (including phenoxy) is 1. The molecule has 0 bridgehead atoms. The summed E-state index contributed by atoms with van der Waals surface area (Å²) in [5, 5.41) is 3.62. The van der Waals surface area contributed by atoms with Crippen LogP contribution in [0.15, 0.2) is 12.1 Å². The highest BCUT2D eigenvalue weighted by Crippen LogP contribution is 2.26. The van der Waals surface area contributed by atoms with Crippen LogP contribution >= 0.6 is 0 Å². The largest absolute Gasteiger partial charge is 0.383 e. The zero-order valence-corrected chi connectivity index (χ0v) is 16.7. The molecule has 2 fully saturated rings. The Morgan fingerprint density at radius 2 is 1.77 bits per heavy atom. The smallest absolute Gasteiger partial charge is 0.129 e. The number of aromatic nitrogens is 1. The number of anilines is 2. The summed E-state index contributed by atoms with van der Waals surface area (Å²) >= 11 is 0. The number of hydrogen-bond donors (Lipinski definition) is 2. The minimum absolute atomic E-state index is 0.311. The molecule has 3 N–H and O–H groups in total. The molecule has 0 unspecified atom stereocenters. The summed E-state index contributed by atoms with van der Waals surface area (Å²) < 4.78 is 6.11. The van der Waals surface area contributed by atoms with Crippen LogP contribution in [-0.2, 0) is 4.74 Å². The molecular weight excluding hydrogens is 324 g/mol. The highest BCUT2D eigenvalue weighted by molar-refractivity contribution is 5.54. The van der Waals surface area contributed by atoms with E-state index in [2.05, 4.69) is 43.1 Å². The fourth-order valence-electron chi connectivity index (χ4n) is 4.12. The molecule has 1 aliphatic heterocycles. The SMILES string of the molecule is CC[C@@H]1CN(c2ccc(NC[C@H]3CC[C@H](N)CC3)c(C)n2)C[C@@H](CC)O1. The van der Waals surface area contributed by atoms with Crippen LogP contribution in [0.2, 0.25) is 0 Å². The van der Waals surface area contributed by atoms with Gasteiger partial charge in [-0.15, -0.1) is 0 Å². The van der Waals surface area contributed by atoms with Gasteiger partial charge in [-0.25, -0.2) is 4.98 Å². The number of pyridine rings is 1. The maximum absolute atomic E-state index is 6.11. The Morgan fingerprint density at radius 3 is 2.35 bits per heavy atom. The van der Waals surface area contributed by atoms with Crippen LogP contribution in [0.25, 0.3) is 0 Å². The Labute approximate surface area is 158 Å². The molecule has 1 saturated heterocycles. The first-order chi connectivity index (χ1) is 12.6. The van der Waals surface area contributed by atoms with E-state index in [-0.39, 0.29) is 0 Å². The van der Waals surface area contributed by atoms with Gasteiger partial charge in [0.15, 0.2) is 0 Å². The maximum atomic E-state index is 6.11. The molecule has 2 atom stereocenters. The lowest BCUT2D eigenvalue weighted by Crippen LogP contribution is -2.47. The standard InChI is InChI=1S/C21H36N4O/c1-4-18-13-25(14-19(5-2)26-18)21-11-10-20(15(3)24-21)23-12-16-6-8-17(22)9-7-16/h10-11,16-19,23H,4-9,12-14,22H2,1-3H3/t16-,17-,18-,19-/m1/s1. The number of morpholine rings is 1. The zero-order chi connectivity index (χ0) is 18.5. The molecule has 2 heterocycles. The molecule has 1 aromatic heterocycles. The van der Waals surface area contributed by atoms with Crippen LogP contribution in [0.4, 0.5) is 11.5 Å². The van der Waals surface area contributed by atoms with Crippen LogP contribution in [0.1, 0.15) is 58.1 Å². The first-order valence-corrected chi connectivity index (χ1v) is 10.5. The second-order valence-electron chi connectivity index (χ2n) is 8.07. The van der Waals surface area contributed by atoms with Gasteiger partial charge in [0.1, 0.15) is 5.82 Å². The topological polar surface area (TPSA) is 63.4 Å². The summed E-state index contributed by atoms with van der Waals surface area (Å²) in [5.74, 6) is 1.82. The average molecular weight is 361 g/mol. The summed E-state index contributed by atoms with van der Waals surface area (Å²) in [6.45, 7) is 9.41. The van der Waals surface area contributed by atoms with Gasteiger partial charge in [0.25, 0.3) is 0 Å². The first kappa shape index (κ1) is 19.4. The van der Waals surface area contributed by atoms with Crippen molar-refractivity contribution < 1.29 is 4.74 Å². The van der Waals surface area contributed by atoms with Gasteiger partial charge < -0.3 is 20.7 Å². The highest BCUT2D eigenvalue weighted by atomic mass is 16.5. The molecule has 0 amide bonds. The van der Waals surface area contributed by atoms with E-state index in [0.29, 0.717) is 18.2 Å². The number of rotatable bonds is 6. The summed E-state index contributed by atoms with van der Waals surface area (Å²) in [7, 11) is 0. The van der Waals surface area contributed by atoms with Crippen molar-refractivity contribution in [2.45, 2.75) is 77.5 Å². The Bertz CT molecular complexity index is 559. The van der Waals surface area contributed by atoms with Crippen molar-refractivity contribution in [3.63, 3.8) is 0 Å². The Morgan fingerprint density at radius 1 is 1.12 bits per heavy atom. The summed E-state index contributed by atoms with van der Waals surface area (Å²) in [5.41, 5.74) is 8.26. The molecule has 0 spiro atoms. The first-order valence-electron chi connectivity index (χ1n) is 10.5. The predicted octanol–water partition coefficient (Wildman–Crippen LogP) is 3.71. The van der Waals surface area contributed by atoms with Crippen molar-refractivity contribution in [1.29, 1.82) is 0 Å². The molecule has 5 heteroatoms. The number of nitrogens with zero attached hydrogens (tertiary/aromatic N) is 2. The van der Waals surface area contributed by atoms with Crippen molar-refractivity contribution in [2.75, 3.05) is 29.9 Å². The van der Waals surface area contributed by atoms with Gasteiger partial charge in [-0.05, 0) is 63.5 Å². The van der Waals surface area contributed by atoms with Crippen LogP contribution in [0.5, 0.6) is 0 Å². The summed E-state index contributed by atoms with van der Waals surface area (Å²) in [4.78, 5) is 7.29. The third-order valence-electron chi connectivity index (χ3n) is 6.01. The van der Waals surface area contributed by atoms with Crippen LogP contribution in [0.3, 0.4) is 0 Å². The van der Waals surface area contributed by atoms with Gasteiger partial charge in [0.2, 0.25) is 0 Å². The van der Waals surface area contributed by atoms with E-state index in [0.717, 1.165) is 68.4 Å². The predicted molar refractivity (Wildman–Crippen MR) is 109 cm³/mol. The number of nitrogens with one attached hydrogen (secondary N) is 1. The monoisotopic (exact) mass is 360 g/mol. The zero-order valence-electron chi connectivity index (χ0n) is 16.7. The van der Waals surface area contributed by atoms with Gasteiger partial charge in [0, 0.05) is 25.7 Å². The van der Waals surface area contributed by atoms with E-state index in [1.54, 1.807) is 0 Å². The van der Waals surface area contributed by atoms with Crippen LogP contribution in [0, 0.1) is 12.8 Å². The summed E-state index contributed by atoms with van der Waals surface area (Å²) in [6, 6.07) is 4.78. The van der Waals surface area contributed by atoms with E-state index < -0.39 is 0 Å². The Kier molecular flexibility index (Phi) is 6.76. The van der Waals surface area contributed by atoms with Gasteiger partial charge in [-0.2, -0.15) is 0 Å². The number of nitrogens with two attached hydrogens (primary N) is 1. The minimum Gasteiger partial charge on any atom is -0.383 e. The van der Waals surface area contributed by atoms with E-state index in [1.165, 1.54) is 12.8 Å². The van der Waals surface area contributed by atoms with Gasteiger partial charge >= 0.3 is 0 Å². The number of hydrogen-bond acceptors (Lipinski definition) is 5. The van der Waals surface area contributed by atoms with Crippen molar-refractivity contribution in [3.05, 3.63) is 17.8 Å². The Hall–Kier alpha value is -1.33. The van der Waals surface area contributed by atoms with Gasteiger partial charge in [-0.1, -0.05) is 13.8 Å². The van der Waals surface area contributed by atoms with Crippen LogP contribution < -0.4 is 16.0 Å². The highest BCUT2D eigenvalue weighted by Gasteiger charge is 2.26. The fraction of sp³-hybridized carbons (Fsp3) is 0.762. The lowest BCUT2D eigenvalue weighted by Gasteiger charge is -2.38. The molecule has 1 aromatic rings. The Balaban J connectivity index is 1.60. The maximum Gasteiger partial charge on any atom is 0.129 e. The summed E-state index contributed by atoms with van der Waals surface area (Å²) in [6.07, 6.45) is 7.53. The van der Waals surface area contributed by atoms with E-state index in [4.69, 9.17) is 15.5 Å². The van der Waals surface area contributed by atoms with Crippen molar-refractivity contribution >= 4 is 11.5 Å². The third-order valence-corrected chi connectivity index (χ3v) is 6.01. The molecule has 1 saturated carbocycles. The quantitative estimate of drug-likeness (QED) is 0.810. The molecule has 2 aliphatic rings. The van der Waals surface area contributed by atoms with Crippen molar-refractivity contribution in [2.24, 2.45) is 11.7 Å². The molecular formula is C21H36N4O. The fourth-order valence-corrected chi connectivity index (χ4v) is 4.12. The molecule has 1 aliphatic carbocycles. The van der Waals surface area contributed by atoms with E-state index >= 15 is 0 Å². The lowest BCUT2D eigenvalue weighted by atomic mass is 9.86. The molecule has 5 nitrogen and oxygen atoms in total. The molecule has 3 rings (SSSR count). The second-order valence-corrected chi connectivity index (χ2v) is 8.07. The number of aryl methyl sites for hydroxylation is 1. The van der Waals surface area contributed by atoms with Gasteiger partial charge in [0.05, 0.1) is 23.6 Å². The normalized spacial score (nSPS) is 29.6.